The van der Waals surface area contributed by atoms with Crippen LogP contribution in [0.3, 0.4) is 0 Å². The number of esters is 1. The van der Waals surface area contributed by atoms with E-state index in [1.54, 1.807) is 13.8 Å². The lowest BCUT2D eigenvalue weighted by Gasteiger charge is -2.19. The van der Waals surface area contributed by atoms with E-state index in [4.69, 9.17) is 9.57 Å². The average molecular weight is 253 g/mol. The number of aromatic hydroxyl groups is 1. The second-order valence-corrected chi connectivity index (χ2v) is 3.24. The quantitative estimate of drug-likeness (QED) is 0.472. The Balaban J connectivity index is 3.21. The molecule has 1 amide bonds. The number of benzene rings is 1. The number of phenolic OH excluding ortho intramolecular Hbond substituents is 1. The summed E-state index contributed by atoms with van der Waals surface area (Å²) in [6, 6.07) is 4.32. The van der Waals surface area contributed by atoms with E-state index >= 15 is 0 Å². The smallest absolute Gasteiger partial charge is 0.344 e. The van der Waals surface area contributed by atoms with E-state index in [0.29, 0.717) is 6.41 Å². The zero-order chi connectivity index (χ0) is 13.5. The van der Waals surface area contributed by atoms with Gasteiger partial charge in [0, 0.05) is 0 Å². The Morgan fingerprint density at radius 1 is 1.39 bits per heavy atom. The van der Waals surface area contributed by atoms with Gasteiger partial charge in [-0.2, -0.15) is 5.06 Å². The summed E-state index contributed by atoms with van der Waals surface area (Å²) in [5.74, 6) is -0.977. The van der Waals surface area contributed by atoms with E-state index < -0.39 is 5.97 Å². The maximum atomic E-state index is 11.7. The Kier molecular flexibility index (Phi) is 5.13. The molecule has 0 aliphatic rings. The Morgan fingerprint density at radius 3 is 2.67 bits per heavy atom. The molecule has 1 aromatic carbocycles. The van der Waals surface area contributed by atoms with Crippen molar-refractivity contribution in [2.45, 2.75) is 13.8 Å². The van der Waals surface area contributed by atoms with E-state index in [9.17, 15) is 14.7 Å². The van der Waals surface area contributed by atoms with Crippen molar-refractivity contribution in [3.05, 3.63) is 23.8 Å². The van der Waals surface area contributed by atoms with Gasteiger partial charge in [0.1, 0.15) is 11.3 Å². The summed E-state index contributed by atoms with van der Waals surface area (Å²) in [6.45, 7) is 3.76. The first-order valence-electron chi connectivity index (χ1n) is 5.52. The minimum atomic E-state index is -0.711. The second kappa shape index (κ2) is 6.61. The molecule has 98 valence electrons. The van der Waals surface area contributed by atoms with Gasteiger partial charge in [0.25, 0.3) is 0 Å². The third-order valence-electron chi connectivity index (χ3n) is 2.10. The topological polar surface area (TPSA) is 76.1 Å². The lowest BCUT2D eigenvalue weighted by Crippen LogP contribution is -2.24. The van der Waals surface area contributed by atoms with Gasteiger partial charge in [-0.15, -0.1) is 0 Å². The molecule has 0 bridgehead atoms. The first-order chi connectivity index (χ1) is 8.65. The SMILES string of the molecule is CCOC(=O)c1c(O)cccc1N(C=O)OCC. The first-order valence-corrected chi connectivity index (χ1v) is 5.52. The monoisotopic (exact) mass is 253 g/mol. The fourth-order valence-corrected chi connectivity index (χ4v) is 1.42. The van der Waals surface area contributed by atoms with Gasteiger partial charge in [0.15, 0.2) is 0 Å². The van der Waals surface area contributed by atoms with Crippen LogP contribution in [0.4, 0.5) is 5.69 Å². The molecule has 6 heteroatoms. The van der Waals surface area contributed by atoms with Gasteiger partial charge < -0.3 is 9.84 Å². The van der Waals surface area contributed by atoms with E-state index in [0.717, 1.165) is 5.06 Å². The van der Waals surface area contributed by atoms with Crippen molar-refractivity contribution in [2.24, 2.45) is 0 Å². The van der Waals surface area contributed by atoms with Crippen molar-refractivity contribution in [1.82, 2.24) is 0 Å². The molecule has 1 rings (SSSR count). The molecule has 0 atom stereocenters. The van der Waals surface area contributed by atoms with Crippen LogP contribution in [0.25, 0.3) is 0 Å². The van der Waals surface area contributed by atoms with Crippen LogP contribution in [0.1, 0.15) is 24.2 Å². The van der Waals surface area contributed by atoms with Crippen LogP contribution in [-0.2, 0) is 14.4 Å². The molecule has 6 nitrogen and oxygen atoms in total. The molecule has 0 saturated carbocycles. The van der Waals surface area contributed by atoms with Crippen molar-refractivity contribution in [1.29, 1.82) is 0 Å². The van der Waals surface area contributed by atoms with Crippen molar-refractivity contribution in [3.63, 3.8) is 0 Å². The van der Waals surface area contributed by atoms with Crippen LogP contribution >= 0.6 is 0 Å². The van der Waals surface area contributed by atoms with Crippen LogP contribution < -0.4 is 5.06 Å². The molecule has 0 unspecified atom stereocenters. The summed E-state index contributed by atoms with van der Waals surface area (Å²) in [4.78, 5) is 27.7. The number of carbonyl (C=O) groups is 2. The van der Waals surface area contributed by atoms with Crippen LogP contribution in [-0.4, -0.2) is 30.7 Å². The van der Waals surface area contributed by atoms with E-state index in [2.05, 4.69) is 0 Å². The van der Waals surface area contributed by atoms with Crippen molar-refractivity contribution in [2.75, 3.05) is 18.3 Å². The molecule has 0 fully saturated rings. The minimum absolute atomic E-state index is 0.0973. The number of ether oxygens (including phenoxy) is 1. The van der Waals surface area contributed by atoms with Gasteiger partial charge in [-0.1, -0.05) is 6.07 Å². The van der Waals surface area contributed by atoms with E-state index in [1.165, 1.54) is 18.2 Å². The second-order valence-electron chi connectivity index (χ2n) is 3.24. The fraction of sp³-hybridized carbons (Fsp3) is 0.333. The summed E-state index contributed by atoms with van der Waals surface area (Å²) in [7, 11) is 0. The van der Waals surface area contributed by atoms with E-state index in [-0.39, 0.29) is 30.2 Å². The number of nitrogens with zero attached hydrogens (tertiary/aromatic N) is 1. The molecule has 0 saturated heterocycles. The largest absolute Gasteiger partial charge is 0.507 e. The molecular weight excluding hydrogens is 238 g/mol. The molecule has 0 spiro atoms. The third kappa shape index (κ3) is 2.98. The molecule has 0 aliphatic heterocycles. The van der Waals surface area contributed by atoms with Crippen molar-refractivity contribution >= 4 is 18.1 Å². The third-order valence-corrected chi connectivity index (χ3v) is 2.10. The zero-order valence-electron chi connectivity index (χ0n) is 10.3. The molecule has 0 aliphatic carbocycles. The molecule has 0 radical (unpaired) electrons. The normalized spacial score (nSPS) is 9.89. The number of rotatable bonds is 6. The van der Waals surface area contributed by atoms with Gasteiger partial charge in [-0.3, -0.25) is 9.63 Å². The maximum absolute atomic E-state index is 11.7. The Bertz CT molecular complexity index is 432. The Hall–Kier alpha value is -2.08. The summed E-state index contributed by atoms with van der Waals surface area (Å²) in [5.41, 5.74) is 0.0465. The number of anilines is 1. The van der Waals surface area contributed by atoms with E-state index in [1.807, 2.05) is 0 Å². The summed E-state index contributed by atoms with van der Waals surface area (Å²) in [5, 5.41) is 10.6. The van der Waals surface area contributed by atoms with Gasteiger partial charge in [-0.05, 0) is 26.0 Å². The number of phenols is 1. The highest BCUT2D eigenvalue weighted by Crippen LogP contribution is 2.29. The van der Waals surface area contributed by atoms with Crippen molar-refractivity contribution in [3.8, 4) is 5.75 Å². The predicted octanol–water partition coefficient (Wildman–Crippen LogP) is 1.48. The van der Waals surface area contributed by atoms with Gasteiger partial charge in [0.2, 0.25) is 6.41 Å². The van der Waals surface area contributed by atoms with Crippen LogP contribution in [0.15, 0.2) is 18.2 Å². The number of hydrogen-bond acceptors (Lipinski definition) is 5. The highest BCUT2D eigenvalue weighted by molar-refractivity contribution is 6.00. The highest BCUT2D eigenvalue weighted by Gasteiger charge is 2.21. The Morgan fingerprint density at radius 2 is 2.11 bits per heavy atom. The lowest BCUT2D eigenvalue weighted by atomic mass is 10.1. The van der Waals surface area contributed by atoms with Crippen LogP contribution in [0.5, 0.6) is 5.75 Å². The van der Waals surface area contributed by atoms with Crippen LogP contribution in [0.2, 0.25) is 0 Å². The van der Waals surface area contributed by atoms with Gasteiger partial charge in [-0.25, -0.2) is 4.79 Å². The molecule has 0 heterocycles. The Labute approximate surface area is 105 Å². The summed E-state index contributed by atoms with van der Waals surface area (Å²) in [6.07, 6.45) is 0.418. The number of carbonyl (C=O) groups excluding carboxylic acids is 2. The number of amides is 1. The molecule has 18 heavy (non-hydrogen) atoms. The summed E-state index contributed by atoms with van der Waals surface area (Å²) < 4.78 is 4.83. The molecule has 0 aromatic heterocycles. The fourth-order valence-electron chi connectivity index (χ4n) is 1.42. The number of hydrogen-bond donors (Lipinski definition) is 1. The highest BCUT2D eigenvalue weighted by atomic mass is 16.7. The summed E-state index contributed by atoms with van der Waals surface area (Å²) >= 11 is 0. The molecule has 1 N–H and O–H groups in total. The molecular formula is C12H15NO5. The lowest BCUT2D eigenvalue weighted by molar-refractivity contribution is -0.113. The molecule has 1 aromatic rings. The van der Waals surface area contributed by atoms with Crippen molar-refractivity contribution < 1.29 is 24.3 Å². The first kappa shape index (κ1) is 14.0. The minimum Gasteiger partial charge on any atom is -0.507 e. The maximum Gasteiger partial charge on any atom is 0.344 e. The van der Waals surface area contributed by atoms with Gasteiger partial charge >= 0.3 is 5.97 Å². The average Bonchev–Trinajstić information content (AvgIpc) is 2.35. The van der Waals surface area contributed by atoms with Gasteiger partial charge in [0.05, 0.1) is 18.9 Å². The predicted molar refractivity (Wildman–Crippen MR) is 64.2 cm³/mol. The van der Waals surface area contributed by atoms with Crippen LogP contribution in [0, 0.1) is 0 Å². The standard InChI is InChI=1S/C12H15NO5/c1-3-17-12(16)11-9(6-5-7-10(11)15)13(8-14)18-4-2/h5-8,15H,3-4H2,1-2H3. The number of hydroxylamine groups is 1. The zero-order valence-corrected chi connectivity index (χ0v) is 10.3.